The van der Waals surface area contributed by atoms with Gasteiger partial charge in [-0.25, -0.2) is 4.79 Å². The number of alkyl carbamates (subject to hydrolysis) is 1. The molecule has 5 nitrogen and oxygen atoms in total. The van der Waals surface area contributed by atoms with Crippen LogP contribution in [0.3, 0.4) is 0 Å². The zero-order chi connectivity index (χ0) is 12.9. The summed E-state index contributed by atoms with van der Waals surface area (Å²) < 4.78 is 45.3. The molecule has 0 aromatic carbocycles. The number of alkyl halides is 3. The van der Waals surface area contributed by atoms with E-state index >= 15 is 0 Å². The highest BCUT2D eigenvalue weighted by Crippen LogP contribution is 2.12. The molecule has 0 spiro atoms. The zero-order valence-corrected chi connectivity index (χ0v) is 9.34. The van der Waals surface area contributed by atoms with E-state index in [4.69, 9.17) is 4.74 Å². The molecule has 100 valence electrons. The van der Waals surface area contributed by atoms with Gasteiger partial charge in [-0.3, -0.25) is 0 Å². The van der Waals surface area contributed by atoms with Crippen LogP contribution in [0.15, 0.2) is 0 Å². The van der Waals surface area contributed by atoms with E-state index in [0.29, 0.717) is 13.1 Å². The van der Waals surface area contributed by atoms with Gasteiger partial charge in [0.25, 0.3) is 0 Å². The van der Waals surface area contributed by atoms with Crippen molar-refractivity contribution in [2.24, 2.45) is 0 Å². The third-order valence-electron chi connectivity index (χ3n) is 2.06. The Morgan fingerprint density at radius 2 is 2.24 bits per heavy atom. The molecule has 1 amide bonds. The highest BCUT2D eigenvalue weighted by Gasteiger charge is 2.28. The highest BCUT2D eigenvalue weighted by molar-refractivity contribution is 5.67. The molecule has 1 rings (SSSR count). The van der Waals surface area contributed by atoms with E-state index < -0.39 is 18.8 Å². The first-order chi connectivity index (χ1) is 7.87. The van der Waals surface area contributed by atoms with E-state index in [1.807, 2.05) is 6.92 Å². The van der Waals surface area contributed by atoms with Crippen molar-refractivity contribution in [3.05, 3.63) is 0 Å². The number of hydrogen-bond donors (Lipinski definition) is 2. The lowest BCUT2D eigenvalue weighted by molar-refractivity contribution is -0.124. The summed E-state index contributed by atoms with van der Waals surface area (Å²) in [7, 11) is 0. The van der Waals surface area contributed by atoms with Crippen molar-refractivity contribution < 1.29 is 27.4 Å². The van der Waals surface area contributed by atoms with E-state index in [2.05, 4.69) is 10.1 Å². The largest absolute Gasteiger partial charge is 0.447 e. The fraction of sp³-hybridized carbons (Fsp3) is 0.889. The third kappa shape index (κ3) is 6.32. The number of hydrogen-bond acceptors (Lipinski definition) is 4. The van der Waals surface area contributed by atoms with Crippen molar-refractivity contribution in [2.45, 2.75) is 25.3 Å². The van der Waals surface area contributed by atoms with Crippen LogP contribution in [0, 0.1) is 0 Å². The van der Waals surface area contributed by atoms with Gasteiger partial charge >= 0.3 is 12.3 Å². The minimum absolute atomic E-state index is 0.00409. The van der Waals surface area contributed by atoms with Crippen LogP contribution < -0.4 is 10.6 Å². The Morgan fingerprint density at radius 3 is 2.82 bits per heavy atom. The van der Waals surface area contributed by atoms with Crippen LogP contribution in [0.4, 0.5) is 18.0 Å². The molecule has 17 heavy (non-hydrogen) atoms. The monoisotopic (exact) mass is 256 g/mol. The molecule has 0 aromatic rings. The van der Waals surface area contributed by atoms with Crippen molar-refractivity contribution in [1.82, 2.24) is 10.6 Å². The summed E-state index contributed by atoms with van der Waals surface area (Å²) in [5.74, 6) is 0. The highest BCUT2D eigenvalue weighted by atomic mass is 19.4. The average Bonchev–Trinajstić information content (AvgIpc) is 2.23. The molecule has 1 aliphatic heterocycles. The Bertz CT molecular complexity index is 260. The zero-order valence-electron chi connectivity index (χ0n) is 9.34. The quantitative estimate of drug-likeness (QED) is 0.778. The van der Waals surface area contributed by atoms with Gasteiger partial charge in [0.1, 0.15) is 19.3 Å². The third-order valence-corrected chi connectivity index (χ3v) is 2.06. The number of halogens is 3. The predicted molar refractivity (Wildman–Crippen MR) is 52.6 cm³/mol. The second-order valence-electron chi connectivity index (χ2n) is 3.79. The van der Waals surface area contributed by atoms with E-state index in [9.17, 15) is 18.0 Å². The summed E-state index contributed by atoms with van der Waals surface area (Å²) in [4.78, 5) is 10.9. The van der Waals surface area contributed by atoms with Crippen molar-refractivity contribution in [2.75, 3.05) is 26.2 Å². The predicted octanol–water partition coefficient (Wildman–Crippen LogP) is 0.652. The number of carbonyl (C=O) groups is 1. The first-order valence-electron chi connectivity index (χ1n) is 5.20. The van der Waals surface area contributed by atoms with Crippen LogP contribution in [-0.2, 0) is 9.47 Å². The van der Waals surface area contributed by atoms with E-state index in [-0.39, 0.29) is 18.8 Å². The number of nitrogens with one attached hydrogen (secondary N) is 2. The van der Waals surface area contributed by atoms with E-state index in [0.717, 1.165) is 0 Å². The first-order valence-corrected chi connectivity index (χ1v) is 5.20. The molecule has 2 atom stereocenters. The first kappa shape index (κ1) is 14.0. The fourth-order valence-corrected chi connectivity index (χ4v) is 1.36. The van der Waals surface area contributed by atoms with E-state index in [1.165, 1.54) is 0 Å². The lowest BCUT2D eigenvalue weighted by atomic mass is 10.2. The molecule has 2 unspecified atom stereocenters. The number of morpholine rings is 1. The molecule has 1 heterocycles. The van der Waals surface area contributed by atoms with Crippen molar-refractivity contribution in [3.8, 4) is 0 Å². The van der Waals surface area contributed by atoms with Crippen molar-refractivity contribution in [1.29, 1.82) is 0 Å². The molecular weight excluding hydrogens is 241 g/mol. The second kappa shape index (κ2) is 6.06. The molecule has 8 heteroatoms. The van der Waals surface area contributed by atoms with Crippen LogP contribution in [0.25, 0.3) is 0 Å². The summed E-state index contributed by atoms with van der Waals surface area (Å²) in [6.45, 7) is 1.60. The molecule has 1 aliphatic rings. The molecule has 0 aliphatic carbocycles. The minimum Gasteiger partial charge on any atom is -0.447 e. The lowest BCUT2D eigenvalue weighted by Gasteiger charge is -2.28. The Hall–Kier alpha value is -1.02. The molecular formula is C9H15F3N2O3. The smallest absolute Gasteiger partial charge is 0.407 e. The summed E-state index contributed by atoms with van der Waals surface area (Å²) in [5, 5.41) is 4.66. The van der Waals surface area contributed by atoms with Crippen molar-refractivity contribution in [3.63, 3.8) is 0 Å². The van der Waals surface area contributed by atoms with Gasteiger partial charge in [-0.2, -0.15) is 13.2 Å². The summed E-state index contributed by atoms with van der Waals surface area (Å²) in [6, 6.07) is 0. The summed E-state index contributed by atoms with van der Waals surface area (Å²) in [5.41, 5.74) is 0. The van der Waals surface area contributed by atoms with E-state index in [1.54, 1.807) is 5.32 Å². The normalized spacial score (nSPS) is 25.4. The molecule has 0 aromatic heterocycles. The average molecular weight is 256 g/mol. The Kier molecular flexibility index (Phi) is 5.01. The number of rotatable bonds is 3. The topological polar surface area (TPSA) is 59.6 Å². The SMILES string of the molecule is CC1CNCC(COC(=O)NCC(F)(F)F)O1. The Labute approximate surface area is 96.6 Å². The number of ether oxygens (including phenoxy) is 2. The molecule has 0 bridgehead atoms. The van der Waals surface area contributed by atoms with Crippen molar-refractivity contribution >= 4 is 6.09 Å². The Morgan fingerprint density at radius 1 is 1.53 bits per heavy atom. The molecule has 1 fully saturated rings. The summed E-state index contributed by atoms with van der Waals surface area (Å²) >= 11 is 0. The molecule has 1 saturated heterocycles. The summed E-state index contributed by atoms with van der Waals surface area (Å²) in [6.07, 6.45) is -5.86. The van der Waals surface area contributed by atoms with Gasteiger partial charge < -0.3 is 20.1 Å². The maximum Gasteiger partial charge on any atom is 0.407 e. The molecule has 0 radical (unpaired) electrons. The lowest BCUT2D eigenvalue weighted by Crippen LogP contribution is -2.46. The number of carbonyl (C=O) groups excluding carboxylic acids is 1. The van der Waals surface area contributed by atoms with Gasteiger partial charge in [-0.1, -0.05) is 0 Å². The minimum atomic E-state index is -4.43. The Balaban J connectivity index is 2.15. The second-order valence-corrected chi connectivity index (χ2v) is 3.79. The van der Waals surface area contributed by atoms with Crippen LogP contribution in [-0.4, -0.2) is 50.7 Å². The van der Waals surface area contributed by atoms with Crippen LogP contribution in [0.1, 0.15) is 6.92 Å². The van der Waals surface area contributed by atoms with Gasteiger partial charge in [0.05, 0.1) is 6.10 Å². The van der Waals surface area contributed by atoms with Gasteiger partial charge in [0, 0.05) is 13.1 Å². The molecule has 0 saturated carbocycles. The fourth-order valence-electron chi connectivity index (χ4n) is 1.36. The van der Waals surface area contributed by atoms with Gasteiger partial charge in [0.15, 0.2) is 0 Å². The van der Waals surface area contributed by atoms with Crippen LogP contribution >= 0.6 is 0 Å². The standard InChI is InChI=1S/C9H15F3N2O3/c1-6-2-13-3-7(17-6)4-16-8(15)14-5-9(10,11)12/h6-7,13H,2-5H2,1H3,(H,14,15). The maximum atomic E-state index is 11.8. The van der Waals surface area contributed by atoms with Gasteiger partial charge in [-0.15, -0.1) is 0 Å². The van der Waals surface area contributed by atoms with Crippen LogP contribution in [0.5, 0.6) is 0 Å². The van der Waals surface area contributed by atoms with Gasteiger partial charge in [-0.05, 0) is 6.92 Å². The van der Waals surface area contributed by atoms with Gasteiger partial charge in [0.2, 0.25) is 0 Å². The van der Waals surface area contributed by atoms with Crippen LogP contribution in [0.2, 0.25) is 0 Å². The molecule has 2 N–H and O–H groups in total. The number of amides is 1. The maximum absolute atomic E-state index is 11.8.